The molecule has 4 aromatic rings. The lowest BCUT2D eigenvalue weighted by atomic mass is 10.0. The van der Waals surface area contributed by atoms with Crippen LogP contribution in [0.2, 0.25) is 0 Å². The number of fused-ring (bicyclic) bond motifs is 1. The van der Waals surface area contributed by atoms with Gasteiger partial charge in [-0.05, 0) is 42.5 Å². The molecule has 2 heterocycles. The Morgan fingerprint density at radius 3 is 2.47 bits per heavy atom. The molecule has 0 amide bonds. The van der Waals surface area contributed by atoms with Crippen molar-refractivity contribution in [3.63, 3.8) is 0 Å². The zero-order valence-corrected chi connectivity index (χ0v) is 17.5. The van der Waals surface area contributed by atoms with Gasteiger partial charge in [0.2, 0.25) is 0 Å². The molecule has 0 saturated heterocycles. The number of aromatic nitrogens is 3. The summed E-state index contributed by atoms with van der Waals surface area (Å²) in [5, 5.41) is 4.38. The fraction of sp³-hybridized carbons (Fsp3) is 0.136. The van der Waals surface area contributed by atoms with Gasteiger partial charge in [0.15, 0.2) is 0 Å². The molecule has 8 heteroatoms. The first-order valence-electron chi connectivity index (χ1n) is 9.20. The van der Waals surface area contributed by atoms with Gasteiger partial charge in [-0.2, -0.15) is 0 Å². The average molecular weight is 421 g/mol. The van der Waals surface area contributed by atoms with Gasteiger partial charge in [-0.1, -0.05) is 47.5 Å². The van der Waals surface area contributed by atoms with Crippen molar-refractivity contribution in [2.75, 3.05) is 17.3 Å². The number of hydrogen-bond acceptors (Lipinski definition) is 7. The summed E-state index contributed by atoms with van der Waals surface area (Å²) in [6.45, 7) is 2.61. The van der Waals surface area contributed by atoms with Gasteiger partial charge in [-0.3, -0.25) is 9.19 Å². The first-order valence-corrected chi connectivity index (χ1v) is 10.7. The van der Waals surface area contributed by atoms with E-state index < -0.39 is 11.1 Å². The van der Waals surface area contributed by atoms with E-state index in [1.807, 2.05) is 49.5 Å². The van der Waals surface area contributed by atoms with Crippen LogP contribution in [0.25, 0.3) is 22.0 Å². The predicted octanol–water partition coefficient (Wildman–Crippen LogP) is 3.69. The second-order valence-electron chi connectivity index (χ2n) is 6.59. The van der Waals surface area contributed by atoms with Gasteiger partial charge in [-0.15, -0.1) is 0 Å². The molecule has 7 nitrogen and oxygen atoms in total. The van der Waals surface area contributed by atoms with Gasteiger partial charge >= 0.3 is 0 Å². The molecule has 3 N–H and O–H groups in total. The van der Waals surface area contributed by atoms with Crippen LogP contribution < -0.4 is 11.1 Å². The third kappa shape index (κ3) is 5.59. The number of benzene rings is 2. The molecule has 0 saturated carbocycles. The lowest BCUT2D eigenvalue weighted by molar-refractivity contribution is 0.543. The zero-order valence-electron chi connectivity index (χ0n) is 16.7. The van der Waals surface area contributed by atoms with Gasteiger partial charge in [0.1, 0.15) is 12.1 Å². The number of nitrogens with zero attached hydrogens (tertiary/aromatic N) is 3. The van der Waals surface area contributed by atoms with E-state index in [1.165, 1.54) is 5.56 Å². The van der Waals surface area contributed by atoms with Crippen molar-refractivity contribution in [2.24, 2.45) is 0 Å². The lowest BCUT2D eigenvalue weighted by Gasteiger charge is -2.10. The Labute approximate surface area is 177 Å². The largest absolute Gasteiger partial charge is 0.773 e. The summed E-state index contributed by atoms with van der Waals surface area (Å²) < 4.78 is 18.0. The highest BCUT2D eigenvalue weighted by Crippen LogP contribution is 2.28. The molecule has 2 aromatic carbocycles. The maximum Gasteiger partial charge on any atom is 0.137 e. The molecule has 0 bridgehead atoms. The van der Waals surface area contributed by atoms with E-state index in [-0.39, 0.29) is 0 Å². The Balaban J connectivity index is 0.000000589. The summed E-state index contributed by atoms with van der Waals surface area (Å²) in [5.74, 6) is 0.814. The number of pyridine rings is 1. The number of nitrogens with one attached hydrogen (secondary N) is 1. The molecule has 1 unspecified atom stereocenters. The molecule has 0 aliphatic heterocycles. The maximum atomic E-state index is 9.00. The van der Waals surface area contributed by atoms with Crippen LogP contribution in [0, 0.1) is 6.92 Å². The topological polar surface area (TPSA) is 117 Å². The normalized spacial score (nSPS) is 11.4. The first kappa shape index (κ1) is 21.4. The Bertz CT molecular complexity index is 1160. The van der Waals surface area contributed by atoms with Crippen LogP contribution in [0.4, 0.5) is 11.5 Å². The summed E-state index contributed by atoms with van der Waals surface area (Å²) in [6, 6.07) is 18.3. The standard InChI is InChI=1S/C21H19N5.CH4O2S/c1-14-19(22)10-17(12-23-14)16-7-8-20-18(9-16)21(26-13-25-20)24-11-15-5-3-2-4-6-15;1-4(2)3/h2-10,12-13H,11,22H2,1H3,(H,24,25,26);1H3,(H,2,3)/p-1. The summed E-state index contributed by atoms with van der Waals surface area (Å²) in [5.41, 5.74) is 11.6. The van der Waals surface area contributed by atoms with Crippen LogP contribution in [0.1, 0.15) is 11.3 Å². The molecule has 0 aliphatic rings. The highest BCUT2D eigenvalue weighted by molar-refractivity contribution is 7.78. The third-order valence-electron chi connectivity index (χ3n) is 4.40. The third-order valence-corrected chi connectivity index (χ3v) is 4.40. The smallest absolute Gasteiger partial charge is 0.137 e. The average Bonchev–Trinajstić information content (AvgIpc) is 2.74. The Hall–Kier alpha value is -3.36. The van der Waals surface area contributed by atoms with E-state index in [4.69, 9.17) is 14.5 Å². The minimum absolute atomic E-state index is 0.689. The van der Waals surface area contributed by atoms with Crippen molar-refractivity contribution in [1.82, 2.24) is 15.0 Å². The molecular formula is C22H22N5O2S-. The minimum Gasteiger partial charge on any atom is -0.773 e. The summed E-state index contributed by atoms with van der Waals surface area (Å²) in [6.07, 6.45) is 4.51. The van der Waals surface area contributed by atoms with Crippen molar-refractivity contribution >= 4 is 33.5 Å². The van der Waals surface area contributed by atoms with E-state index in [2.05, 4.69) is 38.5 Å². The molecule has 0 fully saturated rings. The Kier molecular flexibility index (Phi) is 7.05. The highest BCUT2D eigenvalue weighted by Gasteiger charge is 2.07. The summed E-state index contributed by atoms with van der Waals surface area (Å²) in [4.78, 5) is 13.2. The number of nitrogen functional groups attached to an aromatic ring is 1. The molecule has 2 aromatic heterocycles. The Morgan fingerprint density at radius 1 is 1.03 bits per heavy atom. The van der Waals surface area contributed by atoms with Gasteiger partial charge in [0.25, 0.3) is 0 Å². The van der Waals surface area contributed by atoms with Crippen LogP contribution in [0.15, 0.2) is 67.1 Å². The van der Waals surface area contributed by atoms with Crippen molar-refractivity contribution in [3.8, 4) is 11.1 Å². The number of aryl methyl sites for hydroxylation is 1. The first-order chi connectivity index (χ1) is 14.4. The zero-order chi connectivity index (χ0) is 21.5. The number of anilines is 2. The molecule has 0 radical (unpaired) electrons. The van der Waals surface area contributed by atoms with Crippen LogP contribution in [0.5, 0.6) is 0 Å². The van der Waals surface area contributed by atoms with E-state index in [9.17, 15) is 0 Å². The number of hydrogen-bond donors (Lipinski definition) is 2. The second-order valence-corrected chi connectivity index (χ2v) is 7.40. The van der Waals surface area contributed by atoms with Crippen molar-refractivity contribution < 1.29 is 8.76 Å². The molecule has 30 heavy (non-hydrogen) atoms. The SMILES string of the molecule is CS(=O)[O-].Cc1ncc(-c2ccc3ncnc(NCc4ccccc4)c3c2)cc1N. The van der Waals surface area contributed by atoms with Crippen LogP contribution in [0.3, 0.4) is 0 Å². The molecule has 1 atom stereocenters. The lowest BCUT2D eigenvalue weighted by Crippen LogP contribution is -2.02. The van der Waals surface area contributed by atoms with Gasteiger partial charge in [0.05, 0.1) is 16.9 Å². The fourth-order valence-corrected chi connectivity index (χ4v) is 2.87. The second kappa shape index (κ2) is 9.91. The van der Waals surface area contributed by atoms with Gasteiger partial charge in [-0.25, -0.2) is 9.97 Å². The van der Waals surface area contributed by atoms with Crippen LogP contribution >= 0.6 is 0 Å². The van der Waals surface area contributed by atoms with E-state index in [0.29, 0.717) is 12.2 Å². The van der Waals surface area contributed by atoms with E-state index >= 15 is 0 Å². The van der Waals surface area contributed by atoms with Gasteiger partial charge < -0.3 is 15.6 Å². The van der Waals surface area contributed by atoms with Crippen molar-refractivity contribution in [2.45, 2.75) is 13.5 Å². The molecule has 154 valence electrons. The van der Waals surface area contributed by atoms with Crippen LogP contribution in [-0.2, 0) is 17.6 Å². The quantitative estimate of drug-likeness (QED) is 0.484. The summed E-state index contributed by atoms with van der Waals surface area (Å²) >= 11 is -1.86. The molecule has 0 aliphatic carbocycles. The summed E-state index contributed by atoms with van der Waals surface area (Å²) in [7, 11) is 0. The van der Waals surface area contributed by atoms with E-state index in [1.54, 1.807) is 6.33 Å². The maximum absolute atomic E-state index is 9.00. The highest BCUT2D eigenvalue weighted by atomic mass is 32.2. The predicted molar refractivity (Wildman–Crippen MR) is 121 cm³/mol. The molecule has 0 spiro atoms. The molecule has 4 rings (SSSR count). The van der Waals surface area contributed by atoms with E-state index in [0.717, 1.165) is 39.8 Å². The van der Waals surface area contributed by atoms with Crippen molar-refractivity contribution in [1.29, 1.82) is 0 Å². The minimum atomic E-state index is -1.86. The Morgan fingerprint density at radius 2 is 1.77 bits per heavy atom. The number of rotatable bonds is 4. The molecular weight excluding hydrogens is 398 g/mol. The van der Waals surface area contributed by atoms with Crippen LogP contribution in [-0.4, -0.2) is 30.0 Å². The van der Waals surface area contributed by atoms with Gasteiger partial charge in [0, 0.05) is 23.7 Å². The fourth-order valence-electron chi connectivity index (χ4n) is 2.87. The monoisotopic (exact) mass is 420 g/mol. The number of nitrogens with two attached hydrogens (primary N) is 1. The van der Waals surface area contributed by atoms with Crippen molar-refractivity contribution in [3.05, 3.63) is 78.4 Å².